The Labute approximate surface area is 122 Å². The highest BCUT2D eigenvalue weighted by atomic mass is 32.1. The van der Waals surface area contributed by atoms with E-state index in [1.807, 2.05) is 11.0 Å². The molecule has 4 heteroatoms. The van der Waals surface area contributed by atoms with Crippen LogP contribution in [-0.2, 0) is 6.54 Å². The van der Waals surface area contributed by atoms with Crippen molar-refractivity contribution in [3.8, 4) is 0 Å². The van der Waals surface area contributed by atoms with Gasteiger partial charge in [-0.25, -0.2) is 0 Å². The van der Waals surface area contributed by atoms with E-state index < -0.39 is 0 Å². The van der Waals surface area contributed by atoms with Crippen LogP contribution >= 0.6 is 24.8 Å². The lowest BCUT2D eigenvalue weighted by molar-refractivity contribution is 0.402. The Balaban J connectivity index is 0.000000331. The fourth-order valence-electron chi connectivity index (χ4n) is 1.44. The van der Waals surface area contributed by atoms with Crippen molar-refractivity contribution in [1.82, 2.24) is 9.80 Å². The van der Waals surface area contributed by atoms with Gasteiger partial charge in [0.2, 0.25) is 0 Å². The zero-order valence-corrected chi connectivity index (χ0v) is 13.5. The zero-order chi connectivity index (χ0) is 14.0. The van der Waals surface area contributed by atoms with Crippen molar-refractivity contribution in [3.05, 3.63) is 35.9 Å². The van der Waals surface area contributed by atoms with Gasteiger partial charge in [0.05, 0.1) is 0 Å². The van der Waals surface area contributed by atoms with Gasteiger partial charge in [-0.05, 0) is 33.5 Å². The molecule has 1 rings (SSSR count). The molecule has 0 aliphatic rings. The summed E-state index contributed by atoms with van der Waals surface area (Å²) in [7, 11) is 4.15. The molecule has 0 aliphatic heterocycles. The Hall–Kier alpha value is -0.580. The van der Waals surface area contributed by atoms with Crippen molar-refractivity contribution in [2.24, 2.45) is 0 Å². The first-order valence-electron chi connectivity index (χ1n) is 6.17. The maximum absolute atomic E-state index is 4.81. The maximum Gasteiger partial charge on any atom is 0.133 e. The van der Waals surface area contributed by atoms with E-state index >= 15 is 0 Å². The predicted octanol–water partition coefficient (Wildman–Crippen LogP) is 3.29. The van der Waals surface area contributed by atoms with Crippen LogP contribution in [0.4, 0.5) is 0 Å². The lowest BCUT2D eigenvalue weighted by Crippen LogP contribution is -2.24. The van der Waals surface area contributed by atoms with E-state index in [4.69, 9.17) is 12.2 Å². The summed E-state index contributed by atoms with van der Waals surface area (Å²) in [6.45, 7) is 7.07. The molecule has 1 aromatic carbocycles. The maximum atomic E-state index is 4.81. The summed E-state index contributed by atoms with van der Waals surface area (Å²) in [5, 5.41) is 0. The second-order valence-corrected chi connectivity index (χ2v) is 5.29. The molecule has 18 heavy (non-hydrogen) atoms. The smallest absolute Gasteiger partial charge is 0.133 e. The molecule has 0 saturated heterocycles. The first kappa shape index (κ1) is 17.4. The minimum atomic E-state index is 0.690. The number of hydrogen-bond acceptors (Lipinski definition) is 2. The molecule has 1 aromatic rings. The average molecular weight is 284 g/mol. The van der Waals surface area contributed by atoms with E-state index in [0.29, 0.717) is 4.32 Å². The van der Waals surface area contributed by atoms with Gasteiger partial charge in [0.25, 0.3) is 0 Å². The quantitative estimate of drug-likeness (QED) is 0.670. The highest BCUT2D eigenvalue weighted by Gasteiger charge is 1.96. The highest BCUT2D eigenvalue weighted by molar-refractivity contribution is 8.10. The monoisotopic (exact) mass is 284 g/mol. The molecule has 0 radical (unpaired) electrons. The number of nitrogens with zero attached hydrogens (tertiary/aromatic N) is 2. The Bertz CT molecular complexity index is 322. The molecule has 0 heterocycles. The van der Waals surface area contributed by atoms with Crippen molar-refractivity contribution >= 4 is 29.2 Å². The van der Waals surface area contributed by atoms with Crippen LogP contribution < -0.4 is 0 Å². The van der Waals surface area contributed by atoms with Gasteiger partial charge >= 0.3 is 0 Å². The Morgan fingerprint density at radius 2 is 1.61 bits per heavy atom. The molecule has 0 saturated carbocycles. The normalized spacial score (nSPS) is 9.67. The van der Waals surface area contributed by atoms with Crippen LogP contribution in [0.3, 0.4) is 0 Å². The van der Waals surface area contributed by atoms with Crippen LogP contribution in [0, 0.1) is 0 Å². The van der Waals surface area contributed by atoms with Crippen LogP contribution in [-0.4, -0.2) is 41.3 Å². The molecule has 0 atom stereocenters. The minimum Gasteiger partial charge on any atom is -0.358 e. The summed E-state index contributed by atoms with van der Waals surface area (Å²) in [4.78, 5) is 4.17. The fraction of sp³-hybridized carbons (Fsp3) is 0.500. The molecule has 2 nitrogen and oxygen atoms in total. The summed E-state index contributed by atoms with van der Waals surface area (Å²) in [5.74, 6) is 0. The molecule has 102 valence electrons. The van der Waals surface area contributed by atoms with Crippen molar-refractivity contribution < 1.29 is 0 Å². The van der Waals surface area contributed by atoms with Crippen molar-refractivity contribution in [2.75, 3.05) is 27.2 Å². The largest absolute Gasteiger partial charge is 0.358 e. The van der Waals surface area contributed by atoms with Gasteiger partial charge in [0.15, 0.2) is 0 Å². The predicted molar refractivity (Wildman–Crippen MR) is 88.3 cm³/mol. The Kier molecular flexibility index (Phi) is 10.0. The first-order chi connectivity index (χ1) is 8.51. The van der Waals surface area contributed by atoms with Crippen LogP contribution in [0.25, 0.3) is 0 Å². The summed E-state index contributed by atoms with van der Waals surface area (Å²) in [6.07, 6.45) is 0. The summed E-state index contributed by atoms with van der Waals surface area (Å²) < 4.78 is 0.690. The third-order valence-electron chi connectivity index (χ3n) is 2.38. The van der Waals surface area contributed by atoms with E-state index in [0.717, 1.165) is 19.6 Å². The Morgan fingerprint density at radius 1 is 1.11 bits per heavy atom. The van der Waals surface area contributed by atoms with Gasteiger partial charge < -0.3 is 9.80 Å². The van der Waals surface area contributed by atoms with E-state index in [-0.39, 0.29) is 0 Å². The molecular weight excluding hydrogens is 260 g/mol. The lowest BCUT2D eigenvalue weighted by atomic mass is 10.2. The molecular formula is C14H24N2S2. The minimum absolute atomic E-state index is 0.690. The first-order valence-corrected chi connectivity index (χ1v) is 7.03. The van der Waals surface area contributed by atoms with Crippen LogP contribution in [0.1, 0.15) is 19.4 Å². The highest BCUT2D eigenvalue weighted by Crippen LogP contribution is 1.99. The van der Waals surface area contributed by atoms with Gasteiger partial charge in [-0.15, -0.1) is 12.6 Å². The van der Waals surface area contributed by atoms with Crippen molar-refractivity contribution in [2.45, 2.75) is 20.4 Å². The summed E-state index contributed by atoms with van der Waals surface area (Å²) in [5.41, 5.74) is 1.37. The Morgan fingerprint density at radius 3 is 1.89 bits per heavy atom. The molecule has 0 aliphatic carbocycles. The van der Waals surface area contributed by atoms with Gasteiger partial charge in [-0.1, -0.05) is 42.5 Å². The van der Waals surface area contributed by atoms with Gasteiger partial charge in [-0.3, -0.25) is 0 Å². The van der Waals surface area contributed by atoms with Crippen LogP contribution in [0.15, 0.2) is 30.3 Å². The number of benzene rings is 1. The number of thiol groups is 1. The van der Waals surface area contributed by atoms with E-state index in [1.54, 1.807) is 0 Å². The molecule has 0 aromatic heterocycles. The van der Waals surface area contributed by atoms with Crippen LogP contribution in [0.5, 0.6) is 0 Å². The second kappa shape index (κ2) is 10.4. The summed E-state index contributed by atoms with van der Waals surface area (Å²) >= 11 is 8.82. The number of hydrogen-bond donors (Lipinski definition) is 1. The molecule has 0 fully saturated rings. The molecule has 0 unspecified atom stereocenters. The van der Waals surface area contributed by atoms with E-state index in [1.165, 1.54) is 5.56 Å². The lowest BCUT2D eigenvalue weighted by Gasteiger charge is -2.16. The van der Waals surface area contributed by atoms with Gasteiger partial charge in [-0.2, -0.15) is 0 Å². The molecule has 0 spiro atoms. The zero-order valence-electron chi connectivity index (χ0n) is 11.8. The number of thiocarbonyl (C=S) groups is 1. The standard InChI is InChI=1S/C9H13N.C5H11NS2/c1-10(2)8-9-6-4-3-5-7-9;1-3-6(4-2)5(7)8/h3-7H,8H2,1-2H3;3-4H2,1-2H3,(H,7,8). The topological polar surface area (TPSA) is 6.48 Å². The van der Waals surface area contributed by atoms with Gasteiger partial charge in [0.1, 0.15) is 4.32 Å². The van der Waals surface area contributed by atoms with E-state index in [2.05, 4.69) is 69.7 Å². The van der Waals surface area contributed by atoms with Gasteiger partial charge in [0, 0.05) is 19.6 Å². The molecule has 0 amide bonds. The average Bonchev–Trinajstić information content (AvgIpc) is 2.31. The third-order valence-corrected chi connectivity index (χ3v) is 2.92. The molecule has 0 bridgehead atoms. The van der Waals surface area contributed by atoms with Crippen molar-refractivity contribution in [1.29, 1.82) is 0 Å². The van der Waals surface area contributed by atoms with Crippen LogP contribution in [0.2, 0.25) is 0 Å². The third kappa shape index (κ3) is 8.50. The number of rotatable bonds is 4. The second-order valence-electron chi connectivity index (χ2n) is 4.18. The summed E-state index contributed by atoms with van der Waals surface area (Å²) in [6, 6.07) is 10.5. The molecule has 0 N–H and O–H groups in total. The fourth-order valence-corrected chi connectivity index (χ4v) is 1.98. The van der Waals surface area contributed by atoms with E-state index in [9.17, 15) is 0 Å². The van der Waals surface area contributed by atoms with Crippen molar-refractivity contribution in [3.63, 3.8) is 0 Å². The SMILES string of the molecule is CCN(CC)C(=S)S.CN(C)Cc1ccccc1.